The van der Waals surface area contributed by atoms with E-state index in [2.05, 4.69) is 0 Å². The number of carboxylic acid groups (broad SMARTS) is 1. The molecule has 0 spiro atoms. The summed E-state index contributed by atoms with van der Waals surface area (Å²) in [5, 5.41) is 8.76. The van der Waals surface area contributed by atoms with Gasteiger partial charge in [-0.2, -0.15) is 0 Å². The molecule has 0 saturated carbocycles. The van der Waals surface area contributed by atoms with Crippen molar-refractivity contribution in [3.05, 3.63) is 35.4 Å². The average molecular weight is 234 g/mol. The van der Waals surface area contributed by atoms with Gasteiger partial charge in [0.1, 0.15) is 11.4 Å². The molecule has 1 rings (SSSR count). The number of hydrogen-bond acceptors (Lipinski definition) is 2. The van der Waals surface area contributed by atoms with Gasteiger partial charge in [0, 0.05) is 5.57 Å². The Morgan fingerprint density at radius 3 is 2.18 bits per heavy atom. The van der Waals surface area contributed by atoms with Gasteiger partial charge in [0.25, 0.3) is 0 Å². The summed E-state index contributed by atoms with van der Waals surface area (Å²) in [6.07, 6.45) is 1.63. The van der Waals surface area contributed by atoms with Crippen molar-refractivity contribution in [1.29, 1.82) is 0 Å². The number of rotatable bonds is 3. The smallest absolute Gasteiger partial charge is 0.331 e. The Labute approximate surface area is 102 Å². The molecule has 0 unspecified atom stereocenters. The van der Waals surface area contributed by atoms with Crippen LogP contribution in [0.1, 0.15) is 33.3 Å². The van der Waals surface area contributed by atoms with Gasteiger partial charge in [-0.05, 0) is 51.5 Å². The largest absolute Gasteiger partial charge is 0.488 e. The Bertz CT molecular complexity index is 422. The molecule has 3 nitrogen and oxygen atoms in total. The van der Waals surface area contributed by atoms with Crippen LogP contribution in [-0.2, 0) is 4.79 Å². The van der Waals surface area contributed by atoms with Crippen LogP contribution in [0.3, 0.4) is 0 Å². The molecule has 17 heavy (non-hydrogen) atoms. The third-order valence-corrected chi connectivity index (χ3v) is 2.02. The van der Waals surface area contributed by atoms with Gasteiger partial charge >= 0.3 is 5.97 Å². The van der Waals surface area contributed by atoms with Crippen molar-refractivity contribution in [2.24, 2.45) is 0 Å². The quantitative estimate of drug-likeness (QED) is 0.816. The number of benzene rings is 1. The molecule has 0 radical (unpaired) electrons. The molecule has 0 amide bonds. The van der Waals surface area contributed by atoms with Crippen molar-refractivity contribution in [1.82, 2.24) is 0 Å². The van der Waals surface area contributed by atoms with Crippen LogP contribution < -0.4 is 4.74 Å². The first-order valence-corrected chi connectivity index (χ1v) is 5.48. The fraction of sp³-hybridized carbons (Fsp3) is 0.357. The van der Waals surface area contributed by atoms with E-state index in [-0.39, 0.29) is 5.60 Å². The van der Waals surface area contributed by atoms with Crippen LogP contribution >= 0.6 is 0 Å². The number of carbonyl (C=O) groups is 1. The Morgan fingerprint density at radius 1 is 1.24 bits per heavy atom. The minimum absolute atomic E-state index is 0.228. The first-order valence-electron chi connectivity index (χ1n) is 5.48. The third kappa shape index (κ3) is 4.72. The van der Waals surface area contributed by atoms with Crippen LogP contribution in [0.2, 0.25) is 0 Å². The standard InChI is InChI=1S/C14H18O3/c1-10(13(15)16)9-11-5-7-12(8-6-11)17-14(2,3)4/h5-9H,1-4H3,(H,15,16). The molecule has 0 aromatic heterocycles. The lowest BCUT2D eigenvalue weighted by atomic mass is 10.1. The highest BCUT2D eigenvalue weighted by atomic mass is 16.5. The first kappa shape index (κ1) is 13.3. The zero-order valence-corrected chi connectivity index (χ0v) is 10.7. The van der Waals surface area contributed by atoms with E-state index in [1.807, 2.05) is 45.0 Å². The molecule has 0 heterocycles. The zero-order chi connectivity index (χ0) is 13.1. The summed E-state index contributed by atoms with van der Waals surface area (Å²) in [5.41, 5.74) is 0.939. The zero-order valence-electron chi connectivity index (χ0n) is 10.7. The lowest BCUT2D eigenvalue weighted by molar-refractivity contribution is -0.132. The molecule has 0 fully saturated rings. The second-order valence-electron chi connectivity index (χ2n) is 4.92. The van der Waals surface area contributed by atoms with Crippen molar-refractivity contribution >= 4 is 12.0 Å². The minimum atomic E-state index is -0.903. The molecule has 0 aliphatic heterocycles. The predicted octanol–water partition coefficient (Wildman–Crippen LogP) is 3.35. The highest BCUT2D eigenvalue weighted by Gasteiger charge is 2.11. The number of carboxylic acids is 1. The fourth-order valence-electron chi connectivity index (χ4n) is 1.30. The summed E-state index contributed by atoms with van der Waals surface area (Å²) in [4.78, 5) is 10.7. The number of ether oxygens (including phenoxy) is 1. The summed E-state index contributed by atoms with van der Waals surface area (Å²) < 4.78 is 5.67. The van der Waals surface area contributed by atoms with E-state index in [1.54, 1.807) is 13.0 Å². The average Bonchev–Trinajstić information content (AvgIpc) is 2.18. The van der Waals surface area contributed by atoms with Crippen molar-refractivity contribution < 1.29 is 14.6 Å². The van der Waals surface area contributed by atoms with Crippen LogP contribution in [0.25, 0.3) is 6.08 Å². The molecular formula is C14H18O3. The molecule has 1 aromatic rings. The van der Waals surface area contributed by atoms with E-state index in [4.69, 9.17) is 9.84 Å². The molecule has 92 valence electrons. The molecule has 0 bridgehead atoms. The normalized spacial score (nSPS) is 12.4. The summed E-state index contributed by atoms with van der Waals surface area (Å²) in [7, 11) is 0. The van der Waals surface area contributed by atoms with Crippen molar-refractivity contribution in [2.75, 3.05) is 0 Å². The van der Waals surface area contributed by atoms with Gasteiger partial charge in [0.15, 0.2) is 0 Å². The molecule has 0 saturated heterocycles. The lowest BCUT2D eigenvalue weighted by Crippen LogP contribution is -2.22. The van der Waals surface area contributed by atoms with Crippen LogP contribution in [0.5, 0.6) is 5.75 Å². The molecule has 3 heteroatoms. The van der Waals surface area contributed by atoms with Crippen LogP contribution in [-0.4, -0.2) is 16.7 Å². The van der Waals surface area contributed by atoms with Gasteiger partial charge in [-0.15, -0.1) is 0 Å². The Morgan fingerprint density at radius 2 is 1.76 bits per heavy atom. The van der Waals surface area contributed by atoms with Crippen molar-refractivity contribution in [2.45, 2.75) is 33.3 Å². The fourth-order valence-corrected chi connectivity index (χ4v) is 1.30. The second kappa shape index (κ2) is 5.04. The SMILES string of the molecule is CC(=Cc1ccc(OC(C)(C)C)cc1)C(=O)O. The van der Waals surface area contributed by atoms with E-state index in [0.29, 0.717) is 5.57 Å². The van der Waals surface area contributed by atoms with E-state index in [9.17, 15) is 4.79 Å². The first-order chi connectivity index (χ1) is 7.78. The number of aliphatic carboxylic acids is 1. The van der Waals surface area contributed by atoms with E-state index in [0.717, 1.165) is 11.3 Å². The monoisotopic (exact) mass is 234 g/mol. The molecular weight excluding hydrogens is 216 g/mol. The van der Waals surface area contributed by atoms with Gasteiger partial charge < -0.3 is 9.84 Å². The predicted molar refractivity (Wildman–Crippen MR) is 68.1 cm³/mol. The maximum Gasteiger partial charge on any atom is 0.331 e. The Hall–Kier alpha value is -1.77. The lowest BCUT2D eigenvalue weighted by Gasteiger charge is -2.21. The van der Waals surface area contributed by atoms with Crippen LogP contribution in [0.4, 0.5) is 0 Å². The van der Waals surface area contributed by atoms with Crippen molar-refractivity contribution in [3.8, 4) is 5.75 Å². The number of hydrogen-bond donors (Lipinski definition) is 1. The summed E-state index contributed by atoms with van der Waals surface area (Å²) in [6, 6.07) is 7.36. The Kier molecular flexibility index (Phi) is 3.94. The minimum Gasteiger partial charge on any atom is -0.488 e. The van der Waals surface area contributed by atoms with Gasteiger partial charge in [0.2, 0.25) is 0 Å². The van der Waals surface area contributed by atoms with Crippen LogP contribution in [0.15, 0.2) is 29.8 Å². The van der Waals surface area contributed by atoms with Gasteiger partial charge in [-0.1, -0.05) is 12.1 Å². The van der Waals surface area contributed by atoms with Crippen molar-refractivity contribution in [3.63, 3.8) is 0 Å². The molecule has 0 aliphatic rings. The van der Waals surface area contributed by atoms with E-state index >= 15 is 0 Å². The van der Waals surface area contributed by atoms with Gasteiger partial charge in [0.05, 0.1) is 0 Å². The Balaban J connectivity index is 2.82. The molecule has 0 atom stereocenters. The molecule has 1 aromatic carbocycles. The van der Waals surface area contributed by atoms with E-state index < -0.39 is 5.97 Å². The highest BCUT2D eigenvalue weighted by molar-refractivity contribution is 5.91. The topological polar surface area (TPSA) is 46.5 Å². The third-order valence-electron chi connectivity index (χ3n) is 2.02. The van der Waals surface area contributed by atoms with Gasteiger partial charge in [-0.3, -0.25) is 0 Å². The second-order valence-corrected chi connectivity index (χ2v) is 4.92. The summed E-state index contributed by atoms with van der Waals surface area (Å²) >= 11 is 0. The molecule has 0 aliphatic carbocycles. The molecule has 1 N–H and O–H groups in total. The maximum absolute atomic E-state index is 10.7. The summed E-state index contributed by atoms with van der Waals surface area (Å²) in [6.45, 7) is 7.52. The van der Waals surface area contributed by atoms with Gasteiger partial charge in [-0.25, -0.2) is 4.79 Å². The maximum atomic E-state index is 10.7. The highest BCUT2D eigenvalue weighted by Crippen LogP contribution is 2.19. The van der Waals surface area contributed by atoms with Crippen LogP contribution in [0, 0.1) is 0 Å². The summed E-state index contributed by atoms with van der Waals surface area (Å²) in [5.74, 6) is -0.123. The van der Waals surface area contributed by atoms with E-state index in [1.165, 1.54) is 0 Å².